The average molecular weight is 287 g/mol. The summed E-state index contributed by atoms with van der Waals surface area (Å²) in [6.07, 6.45) is 0. The number of aromatic amines is 1. The molecule has 1 aromatic heterocycles. The maximum Gasteiger partial charge on any atom is 0.293 e. The van der Waals surface area contributed by atoms with E-state index in [9.17, 15) is 4.79 Å². The van der Waals surface area contributed by atoms with E-state index in [0.29, 0.717) is 18.9 Å². The van der Waals surface area contributed by atoms with Crippen LogP contribution in [0, 0.1) is 6.92 Å². The number of rotatable bonds is 5. The van der Waals surface area contributed by atoms with Crippen LogP contribution in [0.3, 0.4) is 0 Å². The molecule has 1 heterocycles. The molecule has 0 aliphatic heterocycles. The molecule has 0 aliphatic carbocycles. The molecule has 0 radical (unpaired) electrons. The number of aryl methyl sites for hydroxylation is 1. The SMILES string of the molecule is CCN(Cc1ccc(N(C)C)cc1)C(=O)c1n[nH]c(C)n1. The van der Waals surface area contributed by atoms with Crippen LogP contribution in [0.1, 0.15) is 28.9 Å². The van der Waals surface area contributed by atoms with Crippen molar-refractivity contribution >= 4 is 11.6 Å². The Morgan fingerprint density at radius 2 is 1.90 bits per heavy atom. The summed E-state index contributed by atoms with van der Waals surface area (Å²) in [6.45, 7) is 4.89. The van der Waals surface area contributed by atoms with Gasteiger partial charge in [-0.3, -0.25) is 9.89 Å². The molecule has 1 aromatic carbocycles. The molecule has 2 rings (SSSR count). The Labute approximate surface area is 124 Å². The highest BCUT2D eigenvalue weighted by Crippen LogP contribution is 2.14. The van der Waals surface area contributed by atoms with Crippen LogP contribution in [0.4, 0.5) is 5.69 Å². The largest absolute Gasteiger partial charge is 0.378 e. The molecule has 0 unspecified atom stereocenters. The summed E-state index contributed by atoms with van der Waals surface area (Å²) < 4.78 is 0. The van der Waals surface area contributed by atoms with Gasteiger partial charge in [0.15, 0.2) is 0 Å². The number of carbonyl (C=O) groups excluding carboxylic acids is 1. The first kappa shape index (κ1) is 15.0. The van der Waals surface area contributed by atoms with Crippen molar-refractivity contribution in [3.05, 3.63) is 41.5 Å². The van der Waals surface area contributed by atoms with E-state index in [2.05, 4.69) is 15.2 Å². The van der Waals surface area contributed by atoms with E-state index < -0.39 is 0 Å². The zero-order valence-electron chi connectivity index (χ0n) is 12.9. The molecule has 21 heavy (non-hydrogen) atoms. The number of benzene rings is 1. The third-order valence-electron chi connectivity index (χ3n) is 3.28. The van der Waals surface area contributed by atoms with Crippen LogP contribution < -0.4 is 4.90 Å². The van der Waals surface area contributed by atoms with Gasteiger partial charge in [-0.25, -0.2) is 4.98 Å². The minimum atomic E-state index is -0.154. The highest BCUT2D eigenvalue weighted by Gasteiger charge is 2.18. The summed E-state index contributed by atoms with van der Waals surface area (Å²) in [5.41, 5.74) is 2.22. The van der Waals surface area contributed by atoms with Gasteiger partial charge in [0.2, 0.25) is 5.82 Å². The average Bonchev–Trinajstić information content (AvgIpc) is 2.91. The van der Waals surface area contributed by atoms with Gasteiger partial charge in [-0.1, -0.05) is 12.1 Å². The Kier molecular flexibility index (Phi) is 4.57. The van der Waals surface area contributed by atoms with Crippen LogP contribution in [-0.2, 0) is 6.54 Å². The van der Waals surface area contributed by atoms with Crippen LogP contribution in [0.2, 0.25) is 0 Å². The number of H-pyrrole nitrogens is 1. The fraction of sp³-hybridized carbons (Fsp3) is 0.400. The Bertz CT molecular complexity index is 603. The number of aromatic nitrogens is 3. The minimum absolute atomic E-state index is 0.154. The van der Waals surface area contributed by atoms with Gasteiger partial charge in [-0.2, -0.15) is 0 Å². The van der Waals surface area contributed by atoms with Crippen molar-refractivity contribution in [2.75, 3.05) is 25.5 Å². The molecule has 2 aromatic rings. The van der Waals surface area contributed by atoms with Crippen LogP contribution in [-0.4, -0.2) is 46.6 Å². The van der Waals surface area contributed by atoms with Gasteiger partial charge in [-0.05, 0) is 31.5 Å². The van der Waals surface area contributed by atoms with Gasteiger partial charge in [0.05, 0.1) is 0 Å². The van der Waals surface area contributed by atoms with Gasteiger partial charge < -0.3 is 9.80 Å². The van der Waals surface area contributed by atoms with E-state index in [0.717, 1.165) is 11.3 Å². The molecule has 0 saturated heterocycles. The van der Waals surface area contributed by atoms with E-state index in [1.54, 1.807) is 11.8 Å². The third kappa shape index (κ3) is 3.59. The molecule has 1 N–H and O–H groups in total. The normalized spacial score (nSPS) is 10.5. The summed E-state index contributed by atoms with van der Waals surface area (Å²) in [6, 6.07) is 8.16. The summed E-state index contributed by atoms with van der Waals surface area (Å²) in [4.78, 5) is 20.2. The lowest BCUT2D eigenvalue weighted by Gasteiger charge is -2.20. The first-order chi connectivity index (χ1) is 10.0. The first-order valence-electron chi connectivity index (χ1n) is 6.95. The van der Waals surface area contributed by atoms with E-state index in [1.165, 1.54) is 0 Å². The fourth-order valence-corrected chi connectivity index (χ4v) is 2.03. The Morgan fingerprint density at radius 1 is 1.24 bits per heavy atom. The van der Waals surface area contributed by atoms with Crippen LogP contribution >= 0.6 is 0 Å². The van der Waals surface area contributed by atoms with Gasteiger partial charge >= 0.3 is 0 Å². The molecule has 6 nitrogen and oxygen atoms in total. The number of amides is 1. The first-order valence-corrected chi connectivity index (χ1v) is 6.95. The molecule has 0 bridgehead atoms. The monoisotopic (exact) mass is 287 g/mol. The Morgan fingerprint density at radius 3 is 2.38 bits per heavy atom. The van der Waals surface area contributed by atoms with Crippen molar-refractivity contribution in [2.45, 2.75) is 20.4 Å². The summed E-state index contributed by atoms with van der Waals surface area (Å²) in [7, 11) is 4.00. The van der Waals surface area contributed by atoms with E-state index >= 15 is 0 Å². The van der Waals surface area contributed by atoms with Crippen molar-refractivity contribution in [3.8, 4) is 0 Å². The second-order valence-corrected chi connectivity index (χ2v) is 5.12. The molecule has 0 saturated carbocycles. The molecule has 0 fully saturated rings. The molecule has 0 spiro atoms. The van der Waals surface area contributed by atoms with Gasteiger partial charge in [0.1, 0.15) is 5.82 Å². The highest BCUT2D eigenvalue weighted by atomic mass is 16.2. The lowest BCUT2D eigenvalue weighted by Crippen LogP contribution is -2.31. The summed E-state index contributed by atoms with van der Waals surface area (Å²) >= 11 is 0. The van der Waals surface area contributed by atoms with E-state index in [4.69, 9.17) is 0 Å². The Hall–Kier alpha value is -2.37. The predicted octanol–water partition coefficient (Wildman–Crippen LogP) is 1.84. The summed E-state index contributed by atoms with van der Waals surface area (Å²) in [5.74, 6) is 0.711. The number of hydrogen-bond acceptors (Lipinski definition) is 4. The number of hydrogen-bond donors (Lipinski definition) is 1. The topological polar surface area (TPSA) is 65.1 Å². The maximum atomic E-state index is 12.3. The number of nitrogens with zero attached hydrogens (tertiary/aromatic N) is 4. The number of carbonyl (C=O) groups is 1. The standard InChI is InChI=1S/C15H21N5O/c1-5-20(15(21)14-16-11(2)17-18-14)10-12-6-8-13(9-7-12)19(3)4/h6-9H,5,10H2,1-4H3,(H,16,17,18). The fourth-order valence-electron chi connectivity index (χ4n) is 2.03. The number of anilines is 1. The second kappa shape index (κ2) is 6.39. The smallest absolute Gasteiger partial charge is 0.293 e. The predicted molar refractivity (Wildman–Crippen MR) is 82.3 cm³/mol. The summed E-state index contributed by atoms with van der Waals surface area (Å²) in [5, 5.41) is 6.63. The number of nitrogens with one attached hydrogen (secondary N) is 1. The quantitative estimate of drug-likeness (QED) is 0.911. The zero-order chi connectivity index (χ0) is 15.4. The molecule has 1 amide bonds. The zero-order valence-corrected chi connectivity index (χ0v) is 12.9. The molecule has 6 heteroatoms. The molecular weight excluding hydrogens is 266 g/mol. The van der Waals surface area contributed by atoms with Crippen molar-refractivity contribution in [3.63, 3.8) is 0 Å². The van der Waals surface area contributed by atoms with Crippen LogP contribution in [0.15, 0.2) is 24.3 Å². The van der Waals surface area contributed by atoms with Gasteiger partial charge in [0, 0.05) is 32.9 Å². The lowest BCUT2D eigenvalue weighted by molar-refractivity contribution is 0.0740. The van der Waals surface area contributed by atoms with Gasteiger partial charge in [-0.15, -0.1) is 5.10 Å². The second-order valence-electron chi connectivity index (χ2n) is 5.12. The van der Waals surface area contributed by atoms with Crippen LogP contribution in [0.25, 0.3) is 0 Å². The van der Waals surface area contributed by atoms with E-state index in [-0.39, 0.29) is 11.7 Å². The van der Waals surface area contributed by atoms with Crippen LogP contribution in [0.5, 0.6) is 0 Å². The van der Waals surface area contributed by atoms with Gasteiger partial charge in [0.25, 0.3) is 5.91 Å². The van der Waals surface area contributed by atoms with Crippen molar-refractivity contribution in [2.24, 2.45) is 0 Å². The minimum Gasteiger partial charge on any atom is -0.378 e. The molecule has 112 valence electrons. The molecule has 0 aliphatic rings. The highest BCUT2D eigenvalue weighted by molar-refractivity contribution is 5.90. The van der Waals surface area contributed by atoms with Crippen molar-refractivity contribution < 1.29 is 4.79 Å². The Balaban J connectivity index is 2.10. The van der Waals surface area contributed by atoms with Crippen molar-refractivity contribution in [1.29, 1.82) is 0 Å². The lowest BCUT2D eigenvalue weighted by atomic mass is 10.2. The third-order valence-corrected chi connectivity index (χ3v) is 3.28. The molecular formula is C15H21N5O. The maximum absolute atomic E-state index is 12.3. The van der Waals surface area contributed by atoms with E-state index in [1.807, 2.05) is 50.2 Å². The van der Waals surface area contributed by atoms with Crippen molar-refractivity contribution in [1.82, 2.24) is 20.1 Å². The molecule has 0 atom stereocenters.